The van der Waals surface area contributed by atoms with Gasteiger partial charge in [0.05, 0.1) is 0 Å². The fraction of sp³-hybridized carbons (Fsp3) is 0.650. The van der Waals surface area contributed by atoms with Gasteiger partial charge < -0.3 is 20.3 Å². The molecule has 148 valence electrons. The molecule has 0 aliphatic heterocycles. The van der Waals surface area contributed by atoms with E-state index >= 15 is 0 Å². The van der Waals surface area contributed by atoms with Gasteiger partial charge in [0.25, 0.3) is 0 Å². The molecule has 26 heavy (non-hydrogen) atoms. The topological polar surface area (TPSA) is 48.9 Å². The van der Waals surface area contributed by atoms with Crippen LogP contribution in [0.2, 0.25) is 0 Å². The zero-order valence-corrected chi connectivity index (χ0v) is 19.0. The van der Waals surface area contributed by atoms with E-state index in [1.165, 1.54) is 25.7 Å². The van der Waals surface area contributed by atoms with Gasteiger partial charge in [0.15, 0.2) is 5.96 Å². The quantitative estimate of drug-likeness (QED) is 0.361. The van der Waals surface area contributed by atoms with Crippen molar-refractivity contribution in [1.29, 1.82) is 0 Å². The van der Waals surface area contributed by atoms with Crippen LogP contribution in [0, 0.1) is 5.92 Å². The van der Waals surface area contributed by atoms with Gasteiger partial charge in [-0.15, -0.1) is 24.0 Å². The van der Waals surface area contributed by atoms with Crippen LogP contribution in [0.3, 0.4) is 0 Å². The largest absolute Gasteiger partial charge is 0.492 e. The van der Waals surface area contributed by atoms with Crippen LogP contribution >= 0.6 is 24.0 Å². The van der Waals surface area contributed by atoms with Crippen LogP contribution in [0.1, 0.15) is 38.2 Å². The molecule has 0 unspecified atom stereocenters. The van der Waals surface area contributed by atoms with Gasteiger partial charge in [-0.05, 0) is 51.8 Å². The van der Waals surface area contributed by atoms with Gasteiger partial charge in [-0.3, -0.25) is 4.99 Å². The molecule has 5 nitrogen and oxygen atoms in total. The second kappa shape index (κ2) is 12.4. The summed E-state index contributed by atoms with van der Waals surface area (Å²) in [5.74, 6) is 2.68. The number of likely N-dealkylation sites (N-methyl/N-ethyl adjacent to an activating group) is 1. The second-order valence-corrected chi connectivity index (χ2v) is 7.29. The monoisotopic (exact) mass is 474 g/mol. The third-order valence-electron chi connectivity index (χ3n) is 4.80. The number of nitrogens with zero attached hydrogens (tertiary/aromatic N) is 2. The fourth-order valence-corrected chi connectivity index (χ4v) is 3.10. The number of guanidine groups is 1. The molecule has 0 heterocycles. The number of rotatable bonds is 7. The molecule has 2 rings (SSSR count). The van der Waals surface area contributed by atoms with E-state index in [-0.39, 0.29) is 24.0 Å². The molecule has 1 aliphatic rings. The predicted molar refractivity (Wildman–Crippen MR) is 121 cm³/mol. The first kappa shape index (κ1) is 23.0. The smallest absolute Gasteiger partial charge is 0.191 e. The Morgan fingerprint density at radius 2 is 1.88 bits per heavy atom. The Balaban J connectivity index is 0.00000338. The molecule has 2 N–H and O–H groups in total. The minimum Gasteiger partial charge on any atom is -0.492 e. The first-order valence-corrected chi connectivity index (χ1v) is 9.41. The minimum absolute atomic E-state index is 0. The van der Waals surface area contributed by atoms with Crippen molar-refractivity contribution in [3.63, 3.8) is 0 Å². The van der Waals surface area contributed by atoms with Crippen LogP contribution in [-0.2, 0) is 6.54 Å². The highest BCUT2D eigenvalue weighted by Gasteiger charge is 2.18. The molecule has 0 radical (unpaired) electrons. The Hall–Kier alpha value is -1.02. The highest BCUT2D eigenvalue weighted by molar-refractivity contribution is 14.0. The summed E-state index contributed by atoms with van der Waals surface area (Å²) in [4.78, 5) is 6.50. The van der Waals surface area contributed by atoms with Crippen LogP contribution in [0.4, 0.5) is 0 Å². The van der Waals surface area contributed by atoms with Gasteiger partial charge in [0.1, 0.15) is 12.4 Å². The van der Waals surface area contributed by atoms with Gasteiger partial charge in [-0.2, -0.15) is 0 Å². The summed E-state index contributed by atoms with van der Waals surface area (Å²) in [5, 5.41) is 7.00. The second-order valence-electron chi connectivity index (χ2n) is 7.29. The van der Waals surface area contributed by atoms with Crippen LogP contribution < -0.4 is 15.4 Å². The van der Waals surface area contributed by atoms with E-state index in [0.717, 1.165) is 29.7 Å². The van der Waals surface area contributed by atoms with Crippen LogP contribution in [0.15, 0.2) is 29.3 Å². The summed E-state index contributed by atoms with van der Waals surface area (Å²) in [5.41, 5.74) is 1.15. The summed E-state index contributed by atoms with van der Waals surface area (Å²) in [6.45, 7) is 4.65. The van der Waals surface area contributed by atoms with E-state index in [0.29, 0.717) is 19.2 Å². The Labute approximate surface area is 176 Å². The van der Waals surface area contributed by atoms with Crippen LogP contribution in [0.5, 0.6) is 5.75 Å². The lowest BCUT2D eigenvalue weighted by Crippen LogP contribution is -2.44. The van der Waals surface area contributed by atoms with E-state index in [1.54, 1.807) is 0 Å². The summed E-state index contributed by atoms with van der Waals surface area (Å²) < 4.78 is 5.93. The van der Waals surface area contributed by atoms with E-state index in [1.807, 2.05) is 19.2 Å². The summed E-state index contributed by atoms with van der Waals surface area (Å²) in [6, 6.07) is 8.74. The van der Waals surface area contributed by atoms with E-state index < -0.39 is 0 Å². The van der Waals surface area contributed by atoms with Crippen molar-refractivity contribution in [2.45, 2.75) is 45.2 Å². The third kappa shape index (κ3) is 8.12. The molecule has 0 aromatic heterocycles. The zero-order chi connectivity index (χ0) is 18.1. The van der Waals surface area contributed by atoms with E-state index in [2.05, 4.69) is 53.7 Å². The lowest BCUT2D eigenvalue weighted by molar-refractivity contribution is 0.259. The first-order valence-electron chi connectivity index (χ1n) is 9.41. The molecule has 0 atom stereocenters. The van der Waals surface area contributed by atoms with Crippen molar-refractivity contribution in [2.24, 2.45) is 10.9 Å². The lowest BCUT2D eigenvalue weighted by atomic mass is 9.87. The molecule has 1 aromatic rings. The molecule has 1 fully saturated rings. The van der Waals surface area contributed by atoms with Crippen molar-refractivity contribution in [3.05, 3.63) is 29.8 Å². The highest BCUT2D eigenvalue weighted by Crippen LogP contribution is 2.23. The molecular formula is C20H35IN4O. The maximum Gasteiger partial charge on any atom is 0.191 e. The molecule has 0 amide bonds. The van der Waals surface area contributed by atoms with Crippen molar-refractivity contribution < 1.29 is 4.74 Å². The Bertz CT molecular complexity index is 542. The molecule has 1 aliphatic carbocycles. The standard InChI is InChI=1S/C20H34N4O.HI/c1-16-9-11-18(12-10-16)23-20(21-2)22-15-17-7-5-6-8-19(17)25-14-13-24(3)4;/h5-8,16,18H,9-15H2,1-4H3,(H2,21,22,23);1H. The number of halogens is 1. The SMILES string of the molecule is CN=C(NCc1ccccc1OCCN(C)C)NC1CCC(C)CC1.I. The van der Waals surface area contributed by atoms with E-state index in [9.17, 15) is 0 Å². The molecule has 0 spiro atoms. The average Bonchev–Trinajstić information content (AvgIpc) is 2.61. The van der Waals surface area contributed by atoms with Crippen LogP contribution in [-0.4, -0.2) is 51.2 Å². The number of para-hydroxylation sites is 1. The lowest BCUT2D eigenvalue weighted by Gasteiger charge is -2.28. The normalized spacial score (nSPS) is 20.4. The minimum atomic E-state index is 0. The molecule has 0 saturated heterocycles. The fourth-order valence-electron chi connectivity index (χ4n) is 3.10. The van der Waals surface area contributed by atoms with Gasteiger partial charge in [-0.25, -0.2) is 0 Å². The summed E-state index contributed by atoms with van der Waals surface area (Å²) in [7, 11) is 5.94. The number of aliphatic imine (C=N–C) groups is 1. The van der Waals surface area contributed by atoms with Crippen LogP contribution in [0.25, 0.3) is 0 Å². The third-order valence-corrected chi connectivity index (χ3v) is 4.80. The van der Waals surface area contributed by atoms with Gasteiger partial charge in [0, 0.05) is 31.7 Å². The van der Waals surface area contributed by atoms with Gasteiger partial charge in [-0.1, -0.05) is 25.1 Å². The Morgan fingerprint density at radius 3 is 2.54 bits per heavy atom. The zero-order valence-electron chi connectivity index (χ0n) is 16.6. The molecular weight excluding hydrogens is 439 g/mol. The first-order chi connectivity index (χ1) is 12.1. The molecule has 6 heteroatoms. The average molecular weight is 474 g/mol. The van der Waals surface area contributed by atoms with Crippen molar-refractivity contribution in [3.8, 4) is 5.75 Å². The number of ether oxygens (including phenoxy) is 1. The van der Waals surface area contributed by atoms with Gasteiger partial charge >= 0.3 is 0 Å². The molecule has 1 aromatic carbocycles. The molecule has 1 saturated carbocycles. The molecule has 0 bridgehead atoms. The number of benzene rings is 1. The number of hydrogen-bond acceptors (Lipinski definition) is 3. The highest BCUT2D eigenvalue weighted by atomic mass is 127. The van der Waals surface area contributed by atoms with Crippen molar-refractivity contribution in [1.82, 2.24) is 15.5 Å². The summed E-state index contributed by atoms with van der Waals surface area (Å²) >= 11 is 0. The predicted octanol–water partition coefficient (Wildman–Crippen LogP) is 3.49. The maximum absolute atomic E-state index is 5.93. The number of nitrogens with one attached hydrogen (secondary N) is 2. The van der Waals surface area contributed by atoms with Gasteiger partial charge in [0.2, 0.25) is 0 Å². The summed E-state index contributed by atoms with van der Waals surface area (Å²) in [6.07, 6.45) is 5.06. The Kier molecular flexibility index (Phi) is 11.0. The maximum atomic E-state index is 5.93. The van der Waals surface area contributed by atoms with Crippen molar-refractivity contribution >= 4 is 29.9 Å². The van der Waals surface area contributed by atoms with Crippen molar-refractivity contribution in [2.75, 3.05) is 34.3 Å². The van der Waals surface area contributed by atoms with E-state index in [4.69, 9.17) is 4.74 Å². The number of hydrogen-bond donors (Lipinski definition) is 2. The Morgan fingerprint density at radius 1 is 1.19 bits per heavy atom.